The van der Waals surface area contributed by atoms with E-state index in [0.29, 0.717) is 45.1 Å². The molecule has 4 aliphatic heterocycles. The zero-order valence-corrected chi connectivity index (χ0v) is 27.9. The Kier molecular flexibility index (Phi) is 10.7. The van der Waals surface area contributed by atoms with E-state index in [2.05, 4.69) is 15.5 Å². The number of fused-ring (bicyclic) bond motifs is 2. The van der Waals surface area contributed by atoms with Gasteiger partial charge >= 0.3 is 12.3 Å². The fourth-order valence-corrected chi connectivity index (χ4v) is 7.87. The van der Waals surface area contributed by atoms with Crippen LogP contribution in [0.25, 0.3) is 0 Å². The van der Waals surface area contributed by atoms with Crippen molar-refractivity contribution in [2.45, 2.75) is 75.3 Å². The smallest absolute Gasteiger partial charge is 0.418 e. The Bertz CT molecular complexity index is 1460. The molecule has 3 fully saturated rings. The number of carbonyl (C=O) groups excluding carboxylic acids is 2. The number of hydrogen-bond acceptors (Lipinski definition) is 8. The molecule has 2 aromatic carbocycles. The second-order valence-corrected chi connectivity index (χ2v) is 13.5. The van der Waals surface area contributed by atoms with Crippen LogP contribution in [0.2, 0.25) is 5.02 Å². The summed E-state index contributed by atoms with van der Waals surface area (Å²) in [5.74, 6) is -0.328. The summed E-state index contributed by atoms with van der Waals surface area (Å²) in [4.78, 5) is 43.8. The predicted molar refractivity (Wildman–Crippen MR) is 175 cm³/mol. The van der Waals surface area contributed by atoms with E-state index in [4.69, 9.17) is 26.1 Å². The maximum Gasteiger partial charge on any atom is 0.418 e. The molecule has 10 nitrogen and oxygen atoms in total. The first kappa shape index (κ1) is 34.8. The Hall–Kier alpha value is -3.10. The van der Waals surface area contributed by atoms with Crippen molar-refractivity contribution in [3.63, 3.8) is 0 Å². The normalized spacial score (nSPS) is 21.4. The van der Waals surface area contributed by atoms with Crippen molar-refractivity contribution in [1.82, 2.24) is 14.7 Å². The highest BCUT2D eigenvalue weighted by Gasteiger charge is 2.44. The number of amides is 2. The Labute approximate surface area is 283 Å². The summed E-state index contributed by atoms with van der Waals surface area (Å²) in [6.45, 7) is 4.32. The second-order valence-electron chi connectivity index (χ2n) is 13.1. The maximum atomic E-state index is 13.9. The van der Waals surface area contributed by atoms with Crippen molar-refractivity contribution in [2.24, 2.45) is 0 Å². The summed E-state index contributed by atoms with van der Waals surface area (Å²) in [6.07, 6.45) is -0.110. The van der Waals surface area contributed by atoms with Gasteiger partial charge in [0.05, 0.1) is 22.0 Å². The Morgan fingerprint density at radius 3 is 2.48 bits per heavy atom. The van der Waals surface area contributed by atoms with Crippen LogP contribution in [0, 0.1) is 0 Å². The van der Waals surface area contributed by atoms with Crippen molar-refractivity contribution in [3.05, 3.63) is 58.1 Å². The Morgan fingerprint density at radius 2 is 1.79 bits per heavy atom. The molecule has 262 valence electrons. The third-order valence-corrected chi connectivity index (χ3v) is 10.4. The first-order chi connectivity index (χ1) is 23.1. The molecule has 0 aromatic heterocycles. The number of ether oxygens (including phenoxy) is 1. The largest absolute Gasteiger partial charge is 0.438 e. The van der Waals surface area contributed by atoms with Crippen LogP contribution in [-0.4, -0.2) is 91.9 Å². The maximum absolute atomic E-state index is 13.9. The van der Waals surface area contributed by atoms with E-state index in [1.165, 1.54) is 32.4 Å². The molecule has 0 bridgehead atoms. The minimum absolute atomic E-state index is 0.0258. The van der Waals surface area contributed by atoms with E-state index in [1.54, 1.807) is 4.90 Å². The molecule has 1 atom stereocenters. The van der Waals surface area contributed by atoms with E-state index in [0.717, 1.165) is 43.2 Å². The van der Waals surface area contributed by atoms with Gasteiger partial charge in [0.15, 0.2) is 6.10 Å². The number of hydrogen-bond donors (Lipinski definition) is 2. The number of piperidine rings is 3. The van der Waals surface area contributed by atoms with Gasteiger partial charge < -0.3 is 19.9 Å². The van der Waals surface area contributed by atoms with Crippen LogP contribution < -0.4 is 10.6 Å². The van der Waals surface area contributed by atoms with Gasteiger partial charge in [-0.1, -0.05) is 36.2 Å². The van der Waals surface area contributed by atoms with Crippen LogP contribution in [0.15, 0.2) is 36.4 Å². The van der Waals surface area contributed by atoms with Gasteiger partial charge in [-0.25, -0.2) is 14.6 Å². The van der Waals surface area contributed by atoms with Crippen LogP contribution in [0.1, 0.15) is 61.6 Å². The number of para-hydroxylation sites is 1. The van der Waals surface area contributed by atoms with Gasteiger partial charge in [0, 0.05) is 64.1 Å². The first-order valence-corrected chi connectivity index (χ1v) is 17.1. The van der Waals surface area contributed by atoms with Crippen LogP contribution in [0.4, 0.5) is 29.3 Å². The van der Waals surface area contributed by atoms with E-state index >= 15 is 0 Å². The first-order valence-electron chi connectivity index (χ1n) is 16.8. The van der Waals surface area contributed by atoms with E-state index in [-0.39, 0.29) is 35.3 Å². The van der Waals surface area contributed by atoms with Crippen molar-refractivity contribution in [2.75, 3.05) is 63.7 Å². The van der Waals surface area contributed by atoms with E-state index < -0.39 is 29.5 Å². The minimum Gasteiger partial charge on any atom is -0.438 e. The van der Waals surface area contributed by atoms with Crippen molar-refractivity contribution in [3.8, 4) is 0 Å². The molecular formula is C34H43ClF3N5O5. The Morgan fingerprint density at radius 1 is 1.08 bits per heavy atom. The summed E-state index contributed by atoms with van der Waals surface area (Å²) in [6, 6.07) is 10.4. The number of halogens is 4. The topological polar surface area (TPSA) is 95.6 Å². The molecule has 4 heterocycles. The van der Waals surface area contributed by atoms with Crippen molar-refractivity contribution >= 4 is 35.0 Å². The van der Waals surface area contributed by atoms with Gasteiger partial charge in [0.25, 0.3) is 5.91 Å². The van der Waals surface area contributed by atoms with Crippen molar-refractivity contribution < 1.29 is 37.3 Å². The van der Waals surface area contributed by atoms with Crippen LogP contribution in [0.3, 0.4) is 0 Å². The van der Waals surface area contributed by atoms with E-state index in [9.17, 15) is 22.8 Å². The highest BCUT2D eigenvalue weighted by molar-refractivity contribution is 6.33. The SMILES string of the molecule is CNc1c(Cl)cc(C[C@@H](OOCN2CCC3(CC2)OC(=O)Nc2ccccc23)C(=O)N2CCC(N3CCCCC3)CC2)cc1C(F)(F)F. The fourth-order valence-electron chi connectivity index (χ4n) is 7.53. The Balaban J connectivity index is 1.12. The molecule has 6 rings (SSSR count). The monoisotopic (exact) mass is 693 g/mol. The van der Waals surface area contributed by atoms with Crippen LogP contribution in [0.5, 0.6) is 0 Å². The number of rotatable bonds is 9. The van der Waals surface area contributed by atoms with Gasteiger partial charge in [0.2, 0.25) is 0 Å². The lowest BCUT2D eigenvalue weighted by molar-refractivity contribution is -0.338. The molecule has 0 unspecified atom stereocenters. The lowest BCUT2D eigenvalue weighted by Gasteiger charge is -2.44. The molecule has 48 heavy (non-hydrogen) atoms. The van der Waals surface area contributed by atoms with Gasteiger partial charge in [-0.2, -0.15) is 13.2 Å². The number of likely N-dealkylation sites (tertiary alicyclic amines) is 3. The van der Waals surface area contributed by atoms with Gasteiger partial charge in [-0.3, -0.25) is 15.0 Å². The zero-order valence-electron chi connectivity index (χ0n) is 27.1. The van der Waals surface area contributed by atoms with Crippen LogP contribution >= 0.6 is 11.6 Å². The lowest BCUT2D eigenvalue weighted by atomic mass is 9.82. The average Bonchev–Trinajstić information content (AvgIpc) is 3.08. The number of alkyl halides is 3. The quantitative estimate of drug-likeness (QED) is 0.235. The van der Waals surface area contributed by atoms with Crippen molar-refractivity contribution in [1.29, 1.82) is 0 Å². The lowest BCUT2D eigenvalue weighted by Crippen LogP contribution is -2.51. The summed E-state index contributed by atoms with van der Waals surface area (Å²) < 4.78 is 47.6. The van der Waals surface area contributed by atoms with Gasteiger partial charge in [-0.05, 0) is 62.5 Å². The third kappa shape index (κ3) is 7.70. The molecule has 4 aliphatic rings. The molecule has 1 spiro atoms. The molecular weight excluding hydrogens is 651 g/mol. The molecule has 2 N–H and O–H groups in total. The summed E-state index contributed by atoms with van der Waals surface area (Å²) in [7, 11) is 1.38. The highest BCUT2D eigenvalue weighted by atomic mass is 35.5. The number of benzene rings is 2. The van der Waals surface area contributed by atoms with Gasteiger partial charge in [0.1, 0.15) is 12.3 Å². The number of anilines is 2. The second kappa shape index (κ2) is 14.8. The van der Waals surface area contributed by atoms with Gasteiger partial charge in [-0.15, -0.1) is 0 Å². The summed E-state index contributed by atoms with van der Waals surface area (Å²) in [5.41, 5.74) is -0.00819. The third-order valence-electron chi connectivity index (χ3n) is 10.1. The number of carbonyl (C=O) groups is 2. The molecule has 3 saturated heterocycles. The minimum atomic E-state index is -4.65. The van der Waals surface area contributed by atoms with Crippen LogP contribution in [-0.2, 0) is 37.5 Å². The molecule has 14 heteroatoms. The molecule has 2 amide bonds. The fraction of sp³-hybridized carbons (Fsp3) is 0.588. The summed E-state index contributed by atoms with van der Waals surface area (Å²) >= 11 is 6.27. The van der Waals surface area contributed by atoms with E-state index in [1.807, 2.05) is 29.2 Å². The molecule has 2 aromatic rings. The molecule has 0 saturated carbocycles. The number of nitrogens with zero attached hydrogens (tertiary/aromatic N) is 3. The zero-order chi connectivity index (χ0) is 33.9. The number of nitrogens with one attached hydrogen (secondary N) is 2. The summed E-state index contributed by atoms with van der Waals surface area (Å²) in [5, 5.41) is 5.19. The molecule has 0 aliphatic carbocycles. The molecule has 0 radical (unpaired) electrons. The standard InChI is InChI=1S/C34H43ClF3N5O5/c1-39-30-26(34(36,37)38)19-23(20-27(30)35)21-29(31(44)43-15-9-24(10-16-43)42-13-5-2-6-14-42)48-46-22-41-17-11-33(12-18-41)25-7-3-4-8-28(25)40-32(45)47-33/h3-4,7-8,19-20,24,29,39H,2,5-6,9-18,21-22H2,1H3,(H,40,45)/t29-/m1/s1. The average molecular weight is 694 g/mol. The predicted octanol–water partition coefficient (Wildman–Crippen LogP) is 6.25. The highest BCUT2D eigenvalue weighted by Crippen LogP contribution is 2.43.